The first kappa shape index (κ1) is 10.1. The van der Waals surface area contributed by atoms with Crippen LogP contribution in [0, 0.1) is 17.8 Å². The molecule has 14 heavy (non-hydrogen) atoms. The topological polar surface area (TPSA) is 3.24 Å². The molecule has 0 atom stereocenters. The summed E-state index contributed by atoms with van der Waals surface area (Å²) in [6.07, 6.45) is 7.11. The van der Waals surface area contributed by atoms with Gasteiger partial charge in [-0.05, 0) is 38.6 Å². The molecule has 0 radical (unpaired) electrons. The molecule has 1 aliphatic carbocycles. The number of nitrogens with zero attached hydrogens (tertiary/aromatic N) is 1. The minimum atomic E-state index is 0.523. The van der Waals surface area contributed by atoms with Gasteiger partial charge in [-0.1, -0.05) is 25.7 Å². The normalized spacial score (nSPS) is 24.8. The second kappa shape index (κ2) is 3.95. The Hall–Kier alpha value is -0.480. The van der Waals surface area contributed by atoms with E-state index in [1.54, 1.807) is 0 Å². The van der Waals surface area contributed by atoms with Crippen LogP contribution in [0.2, 0.25) is 0 Å². The minimum Gasteiger partial charge on any atom is -0.287 e. The van der Waals surface area contributed by atoms with Crippen LogP contribution in [-0.4, -0.2) is 23.5 Å². The Balaban J connectivity index is 1.89. The lowest BCUT2D eigenvalue weighted by Crippen LogP contribution is -2.49. The van der Waals surface area contributed by atoms with Gasteiger partial charge in [0.1, 0.15) is 0 Å². The van der Waals surface area contributed by atoms with Gasteiger partial charge >= 0.3 is 0 Å². The molecule has 1 heteroatoms. The average molecular weight is 191 g/mol. The summed E-state index contributed by atoms with van der Waals surface area (Å²) in [5.74, 6) is 7.12. The highest BCUT2D eigenvalue weighted by Crippen LogP contribution is 2.44. The van der Waals surface area contributed by atoms with E-state index in [9.17, 15) is 0 Å². The van der Waals surface area contributed by atoms with Gasteiger partial charge in [-0.25, -0.2) is 0 Å². The minimum absolute atomic E-state index is 0.523. The van der Waals surface area contributed by atoms with Crippen LogP contribution in [0.3, 0.4) is 0 Å². The van der Waals surface area contributed by atoms with Crippen molar-refractivity contribution < 1.29 is 0 Å². The summed E-state index contributed by atoms with van der Waals surface area (Å²) in [4.78, 5) is 2.63. The SMILES string of the molecule is CC(C)C#CCN1CCCC12CCC2. The fourth-order valence-electron chi connectivity index (χ4n) is 2.74. The summed E-state index contributed by atoms with van der Waals surface area (Å²) >= 11 is 0. The average Bonchev–Trinajstić information content (AvgIpc) is 2.46. The highest BCUT2D eigenvalue weighted by atomic mass is 15.2. The van der Waals surface area contributed by atoms with Crippen molar-refractivity contribution in [3.05, 3.63) is 0 Å². The smallest absolute Gasteiger partial charge is 0.0606 e. The molecule has 1 saturated heterocycles. The molecule has 78 valence electrons. The van der Waals surface area contributed by atoms with Crippen LogP contribution in [0.4, 0.5) is 0 Å². The summed E-state index contributed by atoms with van der Waals surface area (Å²) in [5.41, 5.74) is 0.603. The molecule has 1 spiro atoms. The quantitative estimate of drug-likeness (QED) is 0.576. The Morgan fingerprint density at radius 2 is 1.93 bits per heavy atom. The van der Waals surface area contributed by atoms with E-state index in [2.05, 4.69) is 30.6 Å². The van der Waals surface area contributed by atoms with Gasteiger partial charge in [-0.2, -0.15) is 0 Å². The van der Waals surface area contributed by atoms with Crippen LogP contribution < -0.4 is 0 Å². The molecule has 0 aromatic rings. The summed E-state index contributed by atoms with van der Waals surface area (Å²) in [6.45, 7) is 6.62. The summed E-state index contributed by atoms with van der Waals surface area (Å²) in [6, 6.07) is 0. The monoisotopic (exact) mass is 191 g/mol. The van der Waals surface area contributed by atoms with Gasteiger partial charge in [0, 0.05) is 11.5 Å². The Bertz CT molecular complexity index is 252. The van der Waals surface area contributed by atoms with Crippen molar-refractivity contribution in [1.29, 1.82) is 0 Å². The summed E-state index contributed by atoms with van der Waals surface area (Å²) < 4.78 is 0. The van der Waals surface area contributed by atoms with Crippen molar-refractivity contribution in [2.45, 2.75) is 51.5 Å². The molecule has 2 aliphatic rings. The first-order valence-corrected chi connectivity index (χ1v) is 5.96. The van der Waals surface area contributed by atoms with Crippen LogP contribution in [-0.2, 0) is 0 Å². The zero-order valence-electron chi connectivity index (χ0n) is 9.47. The third-order valence-electron chi connectivity index (χ3n) is 3.69. The molecule has 0 aromatic carbocycles. The van der Waals surface area contributed by atoms with Gasteiger partial charge in [0.15, 0.2) is 0 Å². The van der Waals surface area contributed by atoms with Crippen LogP contribution >= 0.6 is 0 Å². The Labute approximate surface area is 87.9 Å². The number of likely N-dealkylation sites (tertiary alicyclic amines) is 1. The van der Waals surface area contributed by atoms with Crippen LogP contribution in [0.1, 0.15) is 46.0 Å². The second-order valence-electron chi connectivity index (χ2n) is 5.08. The van der Waals surface area contributed by atoms with Gasteiger partial charge in [-0.15, -0.1) is 0 Å². The van der Waals surface area contributed by atoms with E-state index in [1.165, 1.54) is 38.6 Å². The van der Waals surface area contributed by atoms with Crippen LogP contribution in [0.5, 0.6) is 0 Å². The maximum absolute atomic E-state index is 3.33. The fourth-order valence-corrected chi connectivity index (χ4v) is 2.74. The Morgan fingerprint density at radius 3 is 2.50 bits per heavy atom. The zero-order chi connectivity index (χ0) is 10.0. The van der Waals surface area contributed by atoms with Gasteiger partial charge in [-0.3, -0.25) is 4.90 Å². The Morgan fingerprint density at radius 1 is 1.21 bits per heavy atom. The maximum atomic E-state index is 3.33. The molecule has 1 aliphatic heterocycles. The summed E-state index contributed by atoms with van der Waals surface area (Å²) in [7, 11) is 0. The van der Waals surface area contributed by atoms with Crippen LogP contribution in [0.25, 0.3) is 0 Å². The summed E-state index contributed by atoms with van der Waals surface area (Å²) in [5, 5.41) is 0. The number of hydrogen-bond donors (Lipinski definition) is 0. The second-order valence-corrected chi connectivity index (χ2v) is 5.08. The van der Waals surface area contributed by atoms with E-state index < -0.39 is 0 Å². The third-order valence-corrected chi connectivity index (χ3v) is 3.69. The van der Waals surface area contributed by atoms with Gasteiger partial charge in [0.25, 0.3) is 0 Å². The van der Waals surface area contributed by atoms with Crippen molar-refractivity contribution in [2.75, 3.05) is 13.1 Å². The molecule has 0 unspecified atom stereocenters. The third kappa shape index (κ3) is 1.81. The lowest BCUT2D eigenvalue weighted by Gasteiger charge is -2.45. The van der Waals surface area contributed by atoms with E-state index in [-0.39, 0.29) is 0 Å². The first-order valence-electron chi connectivity index (χ1n) is 5.96. The molecular formula is C13H21N. The number of hydrogen-bond acceptors (Lipinski definition) is 1. The molecule has 1 saturated carbocycles. The molecular weight excluding hydrogens is 170 g/mol. The van der Waals surface area contributed by atoms with Crippen molar-refractivity contribution in [2.24, 2.45) is 5.92 Å². The number of rotatable bonds is 1. The molecule has 0 aromatic heterocycles. The Kier molecular flexibility index (Phi) is 2.83. The van der Waals surface area contributed by atoms with Crippen molar-refractivity contribution in [3.8, 4) is 11.8 Å². The highest BCUT2D eigenvalue weighted by Gasteiger charge is 2.44. The highest BCUT2D eigenvalue weighted by molar-refractivity contribution is 5.09. The molecule has 1 heterocycles. The zero-order valence-corrected chi connectivity index (χ0v) is 9.47. The van der Waals surface area contributed by atoms with E-state index in [0.29, 0.717) is 11.5 Å². The first-order chi connectivity index (χ1) is 6.73. The van der Waals surface area contributed by atoms with Crippen molar-refractivity contribution >= 4 is 0 Å². The van der Waals surface area contributed by atoms with Crippen LogP contribution in [0.15, 0.2) is 0 Å². The van der Waals surface area contributed by atoms with E-state index in [0.717, 1.165) is 6.54 Å². The lowest BCUT2D eigenvalue weighted by atomic mass is 9.75. The fraction of sp³-hybridized carbons (Fsp3) is 0.846. The van der Waals surface area contributed by atoms with Gasteiger partial charge < -0.3 is 0 Å². The molecule has 0 amide bonds. The predicted octanol–water partition coefficient (Wildman–Crippen LogP) is 2.66. The molecule has 2 rings (SSSR count). The van der Waals surface area contributed by atoms with E-state index >= 15 is 0 Å². The predicted molar refractivity (Wildman–Crippen MR) is 60.0 cm³/mol. The van der Waals surface area contributed by atoms with E-state index in [1.807, 2.05) is 0 Å². The molecule has 0 bridgehead atoms. The maximum Gasteiger partial charge on any atom is 0.0606 e. The lowest BCUT2D eigenvalue weighted by molar-refractivity contribution is 0.0684. The van der Waals surface area contributed by atoms with Gasteiger partial charge in [0.05, 0.1) is 6.54 Å². The van der Waals surface area contributed by atoms with E-state index in [4.69, 9.17) is 0 Å². The molecule has 1 nitrogen and oxygen atoms in total. The molecule has 0 N–H and O–H groups in total. The standard InChI is InChI=1S/C13H21N/c1-12(2)6-3-10-14-11-5-9-13(14)7-4-8-13/h12H,4-5,7-11H2,1-2H3. The van der Waals surface area contributed by atoms with Crippen molar-refractivity contribution in [3.63, 3.8) is 0 Å². The largest absolute Gasteiger partial charge is 0.287 e. The van der Waals surface area contributed by atoms with Gasteiger partial charge in [0.2, 0.25) is 0 Å². The van der Waals surface area contributed by atoms with Crippen molar-refractivity contribution in [1.82, 2.24) is 4.90 Å². The molecule has 2 fully saturated rings.